The lowest BCUT2D eigenvalue weighted by molar-refractivity contribution is -0.121. The Morgan fingerprint density at radius 3 is 2.67 bits per heavy atom. The van der Waals surface area contributed by atoms with Gasteiger partial charge in [-0.2, -0.15) is 0 Å². The number of carbonyl (C=O) groups is 1. The number of aromatic nitrogens is 1. The van der Waals surface area contributed by atoms with Crippen LogP contribution in [0.5, 0.6) is 0 Å². The van der Waals surface area contributed by atoms with E-state index in [4.69, 9.17) is 0 Å². The van der Waals surface area contributed by atoms with Crippen molar-refractivity contribution in [3.8, 4) is 0 Å². The van der Waals surface area contributed by atoms with Crippen molar-refractivity contribution in [3.63, 3.8) is 0 Å². The number of hydrogen-bond donors (Lipinski definition) is 1. The van der Waals surface area contributed by atoms with E-state index in [0.29, 0.717) is 12.5 Å². The van der Waals surface area contributed by atoms with E-state index >= 15 is 0 Å². The Morgan fingerprint density at radius 1 is 1.53 bits per heavy atom. The van der Waals surface area contributed by atoms with Crippen LogP contribution in [0.15, 0.2) is 5.38 Å². The molecular formula is C11H18N2OS. The molecule has 1 N–H and O–H groups in total. The van der Waals surface area contributed by atoms with Crippen molar-refractivity contribution < 1.29 is 4.79 Å². The predicted molar refractivity (Wildman–Crippen MR) is 63.1 cm³/mol. The van der Waals surface area contributed by atoms with Gasteiger partial charge in [0.1, 0.15) is 0 Å². The zero-order valence-electron chi connectivity index (χ0n) is 9.54. The molecule has 0 aliphatic carbocycles. The van der Waals surface area contributed by atoms with E-state index in [1.807, 2.05) is 12.3 Å². The summed E-state index contributed by atoms with van der Waals surface area (Å²) in [5.74, 6) is 0.0778. The van der Waals surface area contributed by atoms with Gasteiger partial charge in [-0.1, -0.05) is 13.8 Å². The first-order valence-electron chi connectivity index (χ1n) is 5.36. The maximum absolute atomic E-state index is 11.6. The Bertz CT molecular complexity index is 318. The highest BCUT2D eigenvalue weighted by Gasteiger charge is 2.10. The van der Waals surface area contributed by atoms with Crippen molar-refractivity contribution in [3.05, 3.63) is 16.1 Å². The average molecular weight is 226 g/mol. The largest absolute Gasteiger partial charge is 0.353 e. The van der Waals surface area contributed by atoms with Gasteiger partial charge in [-0.3, -0.25) is 4.79 Å². The highest BCUT2D eigenvalue weighted by molar-refractivity contribution is 7.09. The summed E-state index contributed by atoms with van der Waals surface area (Å²) < 4.78 is 0. The maximum Gasteiger partial charge on any atom is 0.226 e. The van der Waals surface area contributed by atoms with E-state index in [2.05, 4.69) is 24.1 Å². The summed E-state index contributed by atoms with van der Waals surface area (Å²) in [4.78, 5) is 15.9. The summed E-state index contributed by atoms with van der Waals surface area (Å²) in [7, 11) is 0. The molecule has 0 spiro atoms. The average Bonchev–Trinajstić information content (AvgIpc) is 2.60. The lowest BCUT2D eigenvalue weighted by atomic mass is 10.1. The molecule has 3 nitrogen and oxygen atoms in total. The predicted octanol–water partition coefficient (Wildman–Crippen LogP) is 2.30. The summed E-state index contributed by atoms with van der Waals surface area (Å²) in [6, 6.07) is 0.303. The third-order valence-corrected chi connectivity index (χ3v) is 3.18. The van der Waals surface area contributed by atoms with Crippen LogP contribution >= 0.6 is 11.3 Å². The van der Waals surface area contributed by atoms with Gasteiger partial charge in [0.05, 0.1) is 17.1 Å². The molecule has 0 atom stereocenters. The van der Waals surface area contributed by atoms with E-state index < -0.39 is 0 Å². The molecule has 0 bridgehead atoms. The van der Waals surface area contributed by atoms with E-state index in [0.717, 1.165) is 23.5 Å². The Labute approximate surface area is 94.9 Å². The van der Waals surface area contributed by atoms with Gasteiger partial charge in [0.15, 0.2) is 0 Å². The minimum atomic E-state index is 0.0778. The molecule has 0 radical (unpaired) electrons. The van der Waals surface area contributed by atoms with Crippen LogP contribution in [0.1, 0.15) is 37.4 Å². The number of rotatable bonds is 5. The normalized spacial score (nSPS) is 10.7. The Hall–Kier alpha value is -0.900. The smallest absolute Gasteiger partial charge is 0.226 e. The molecule has 0 unspecified atom stereocenters. The fraction of sp³-hybridized carbons (Fsp3) is 0.636. The topological polar surface area (TPSA) is 42.0 Å². The van der Waals surface area contributed by atoms with Crippen LogP contribution in [0.25, 0.3) is 0 Å². The zero-order valence-corrected chi connectivity index (χ0v) is 10.4. The Morgan fingerprint density at radius 2 is 2.20 bits per heavy atom. The first-order valence-corrected chi connectivity index (χ1v) is 6.24. The van der Waals surface area contributed by atoms with Gasteiger partial charge in [-0.15, -0.1) is 11.3 Å². The highest BCUT2D eigenvalue weighted by atomic mass is 32.1. The molecule has 0 fully saturated rings. The highest BCUT2D eigenvalue weighted by Crippen LogP contribution is 2.08. The van der Waals surface area contributed by atoms with Crippen LogP contribution in [-0.2, 0) is 11.2 Å². The molecule has 1 heterocycles. The summed E-state index contributed by atoms with van der Waals surface area (Å²) in [5, 5.41) is 5.96. The quantitative estimate of drug-likeness (QED) is 0.837. The molecule has 84 valence electrons. The van der Waals surface area contributed by atoms with Gasteiger partial charge in [0.25, 0.3) is 0 Å². The molecule has 0 aliphatic rings. The summed E-state index contributed by atoms with van der Waals surface area (Å²) >= 11 is 1.59. The van der Waals surface area contributed by atoms with Crippen molar-refractivity contribution in [2.75, 3.05) is 0 Å². The van der Waals surface area contributed by atoms with Crippen LogP contribution in [0.4, 0.5) is 0 Å². The number of aryl methyl sites for hydroxylation is 1. The van der Waals surface area contributed by atoms with Gasteiger partial charge in [-0.05, 0) is 19.8 Å². The van der Waals surface area contributed by atoms with Crippen molar-refractivity contribution in [2.45, 2.75) is 46.1 Å². The van der Waals surface area contributed by atoms with Crippen LogP contribution in [0, 0.1) is 6.92 Å². The number of carbonyl (C=O) groups excluding carboxylic acids is 1. The number of hydrogen-bond acceptors (Lipinski definition) is 3. The second-order valence-corrected chi connectivity index (χ2v) is 4.68. The summed E-state index contributed by atoms with van der Waals surface area (Å²) in [5.41, 5.74) is 0.876. The molecule has 1 rings (SSSR count). The number of nitrogens with one attached hydrogen (secondary N) is 1. The maximum atomic E-state index is 11.6. The van der Waals surface area contributed by atoms with E-state index in [1.165, 1.54) is 0 Å². The molecule has 0 aliphatic heterocycles. The minimum Gasteiger partial charge on any atom is -0.353 e. The number of thiazole rings is 1. The molecular weight excluding hydrogens is 208 g/mol. The third kappa shape index (κ3) is 4.00. The molecule has 0 saturated heterocycles. The van der Waals surface area contributed by atoms with Crippen LogP contribution < -0.4 is 5.32 Å². The van der Waals surface area contributed by atoms with Crippen LogP contribution in [0.3, 0.4) is 0 Å². The molecule has 1 aromatic rings. The lowest BCUT2D eigenvalue weighted by Gasteiger charge is -2.13. The van der Waals surface area contributed by atoms with E-state index in [1.54, 1.807) is 11.3 Å². The minimum absolute atomic E-state index is 0.0778. The first-order chi connectivity index (χ1) is 7.15. The standard InChI is InChI=1S/C11H18N2OS/c1-4-9(5-2)13-11(14)6-10-7-15-8(3)12-10/h7,9H,4-6H2,1-3H3,(H,13,14). The van der Waals surface area contributed by atoms with Gasteiger partial charge >= 0.3 is 0 Å². The number of nitrogens with zero attached hydrogens (tertiary/aromatic N) is 1. The zero-order chi connectivity index (χ0) is 11.3. The number of amides is 1. The van der Waals surface area contributed by atoms with Crippen molar-refractivity contribution >= 4 is 17.2 Å². The fourth-order valence-electron chi connectivity index (χ4n) is 1.43. The molecule has 1 amide bonds. The lowest BCUT2D eigenvalue weighted by Crippen LogP contribution is -2.34. The van der Waals surface area contributed by atoms with Gasteiger partial charge in [0, 0.05) is 11.4 Å². The summed E-state index contributed by atoms with van der Waals surface area (Å²) in [6.07, 6.45) is 2.37. The molecule has 0 saturated carbocycles. The van der Waals surface area contributed by atoms with E-state index in [9.17, 15) is 4.79 Å². The van der Waals surface area contributed by atoms with Crippen molar-refractivity contribution in [1.29, 1.82) is 0 Å². The monoisotopic (exact) mass is 226 g/mol. The van der Waals surface area contributed by atoms with Crippen molar-refractivity contribution in [2.24, 2.45) is 0 Å². The second-order valence-electron chi connectivity index (χ2n) is 3.62. The Kier molecular flexibility index (Phi) is 4.75. The molecule has 1 aromatic heterocycles. The Balaban J connectivity index is 2.42. The second kappa shape index (κ2) is 5.85. The van der Waals surface area contributed by atoms with Crippen LogP contribution in [0.2, 0.25) is 0 Å². The van der Waals surface area contributed by atoms with E-state index in [-0.39, 0.29) is 5.91 Å². The molecule has 4 heteroatoms. The van der Waals surface area contributed by atoms with Gasteiger partial charge in [0.2, 0.25) is 5.91 Å². The molecule has 15 heavy (non-hydrogen) atoms. The fourth-order valence-corrected chi connectivity index (χ4v) is 2.04. The van der Waals surface area contributed by atoms with Crippen molar-refractivity contribution in [1.82, 2.24) is 10.3 Å². The summed E-state index contributed by atoms with van der Waals surface area (Å²) in [6.45, 7) is 6.12. The molecule has 0 aromatic carbocycles. The van der Waals surface area contributed by atoms with Gasteiger partial charge < -0.3 is 5.32 Å². The SMILES string of the molecule is CCC(CC)NC(=O)Cc1csc(C)n1. The van der Waals surface area contributed by atoms with Gasteiger partial charge in [-0.25, -0.2) is 4.98 Å². The first kappa shape index (κ1) is 12.2. The third-order valence-electron chi connectivity index (χ3n) is 2.36. The van der Waals surface area contributed by atoms with Crippen LogP contribution in [-0.4, -0.2) is 16.9 Å².